The summed E-state index contributed by atoms with van der Waals surface area (Å²) >= 11 is 0. The third kappa shape index (κ3) is 4.39. The molecule has 1 aliphatic heterocycles. The number of rotatable bonds is 3. The molecule has 1 aromatic carbocycles. The second-order valence-corrected chi connectivity index (χ2v) is 10.7. The van der Waals surface area contributed by atoms with Gasteiger partial charge in [0.1, 0.15) is 5.60 Å². The fourth-order valence-electron chi connectivity index (χ4n) is 2.76. The minimum Gasteiger partial charge on any atom is -0.444 e. The SMILES string of the molecule is CC(C)(C)OC(=O)N1CC(C(C)(C)S(=O)(=O)c2cccc(C(F)(F)F)c2)C1. The molecular weight excluding hydrogens is 383 g/mol. The van der Waals surface area contributed by atoms with E-state index in [0.717, 1.165) is 18.2 Å². The van der Waals surface area contributed by atoms with Crippen molar-refractivity contribution in [1.82, 2.24) is 4.90 Å². The Morgan fingerprint density at radius 2 is 1.67 bits per heavy atom. The van der Waals surface area contributed by atoms with Crippen LogP contribution in [0.1, 0.15) is 40.2 Å². The molecule has 1 heterocycles. The highest BCUT2D eigenvalue weighted by atomic mass is 32.2. The van der Waals surface area contributed by atoms with Crippen molar-refractivity contribution in [2.24, 2.45) is 5.92 Å². The zero-order chi connectivity index (χ0) is 20.8. The van der Waals surface area contributed by atoms with Crippen LogP contribution in [-0.4, -0.2) is 42.8 Å². The maximum absolute atomic E-state index is 13.0. The zero-order valence-corrected chi connectivity index (χ0v) is 16.7. The molecule has 1 aromatic rings. The molecule has 0 aromatic heterocycles. The van der Waals surface area contributed by atoms with Gasteiger partial charge in [-0.2, -0.15) is 13.2 Å². The largest absolute Gasteiger partial charge is 0.444 e. The molecule has 0 spiro atoms. The van der Waals surface area contributed by atoms with Crippen LogP contribution in [0.3, 0.4) is 0 Å². The topological polar surface area (TPSA) is 63.7 Å². The van der Waals surface area contributed by atoms with Crippen molar-refractivity contribution in [3.8, 4) is 0 Å². The van der Waals surface area contributed by atoms with E-state index in [4.69, 9.17) is 4.74 Å². The fraction of sp³-hybridized carbons (Fsp3) is 0.611. The Labute approximate surface area is 157 Å². The van der Waals surface area contributed by atoms with Gasteiger partial charge < -0.3 is 9.64 Å². The molecular formula is C18H24F3NO4S. The molecule has 2 rings (SSSR count). The van der Waals surface area contributed by atoms with Crippen LogP contribution in [0.25, 0.3) is 0 Å². The Morgan fingerprint density at radius 3 is 2.15 bits per heavy atom. The molecule has 152 valence electrons. The molecule has 5 nitrogen and oxygen atoms in total. The number of likely N-dealkylation sites (tertiary alicyclic amines) is 1. The molecule has 0 bridgehead atoms. The summed E-state index contributed by atoms with van der Waals surface area (Å²) in [5.74, 6) is -0.412. The van der Waals surface area contributed by atoms with Gasteiger partial charge in [0, 0.05) is 19.0 Å². The molecule has 1 amide bonds. The van der Waals surface area contributed by atoms with E-state index in [1.54, 1.807) is 20.8 Å². The summed E-state index contributed by atoms with van der Waals surface area (Å²) in [7, 11) is -4.04. The Hall–Kier alpha value is -1.77. The first-order chi connectivity index (χ1) is 12.1. The van der Waals surface area contributed by atoms with Crippen LogP contribution in [0, 0.1) is 5.92 Å². The molecule has 1 aliphatic rings. The Bertz CT molecular complexity index is 820. The van der Waals surface area contributed by atoms with Gasteiger partial charge in [0.05, 0.1) is 15.2 Å². The number of carbonyl (C=O) groups is 1. The van der Waals surface area contributed by atoms with Crippen LogP contribution >= 0.6 is 0 Å². The second-order valence-electron chi connectivity index (χ2n) is 8.21. The van der Waals surface area contributed by atoms with Crippen molar-refractivity contribution < 1.29 is 31.1 Å². The number of alkyl halides is 3. The van der Waals surface area contributed by atoms with Crippen molar-refractivity contribution in [1.29, 1.82) is 0 Å². The molecule has 0 radical (unpaired) electrons. The van der Waals surface area contributed by atoms with Crippen LogP contribution in [0.2, 0.25) is 0 Å². The second kappa shape index (κ2) is 6.68. The van der Waals surface area contributed by atoms with Gasteiger partial charge in [-0.3, -0.25) is 0 Å². The summed E-state index contributed by atoms with van der Waals surface area (Å²) in [6, 6.07) is 3.73. The molecule has 0 unspecified atom stereocenters. The van der Waals surface area contributed by atoms with Crippen LogP contribution < -0.4 is 0 Å². The van der Waals surface area contributed by atoms with Gasteiger partial charge in [-0.05, 0) is 52.8 Å². The smallest absolute Gasteiger partial charge is 0.416 e. The molecule has 0 aliphatic carbocycles. The van der Waals surface area contributed by atoms with Gasteiger partial charge >= 0.3 is 12.3 Å². The van der Waals surface area contributed by atoms with Gasteiger partial charge in [0.2, 0.25) is 0 Å². The van der Waals surface area contributed by atoms with Crippen LogP contribution in [0.15, 0.2) is 29.2 Å². The predicted octanol–water partition coefficient (Wildman–Crippen LogP) is 4.12. The first-order valence-corrected chi connectivity index (χ1v) is 9.94. The van der Waals surface area contributed by atoms with Gasteiger partial charge in [-0.25, -0.2) is 13.2 Å². The lowest BCUT2D eigenvalue weighted by molar-refractivity contribution is -0.137. The van der Waals surface area contributed by atoms with Crippen molar-refractivity contribution in [2.75, 3.05) is 13.1 Å². The van der Waals surface area contributed by atoms with E-state index in [1.165, 1.54) is 18.7 Å². The number of carbonyl (C=O) groups excluding carboxylic acids is 1. The average molecular weight is 407 g/mol. The highest BCUT2D eigenvalue weighted by Gasteiger charge is 2.50. The normalized spacial score (nSPS) is 16.8. The van der Waals surface area contributed by atoms with Crippen molar-refractivity contribution >= 4 is 15.9 Å². The van der Waals surface area contributed by atoms with E-state index in [-0.39, 0.29) is 18.0 Å². The number of hydrogen-bond donors (Lipinski definition) is 0. The van der Waals surface area contributed by atoms with Gasteiger partial charge in [0.25, 0.3) is 0 Å². The predicted molar refractivity (Wildman–Crippen MR) is 94.0 cm³/mol. The molecule has 0 saturated carbocycles. The standard InChI is InChI=1S/C18H24F3NO4S/c1-16(2,3)26-15(23)22-10-13(11-22)17(4,5)27(24,25)14-8-6-7-12(9-14)18(19,20)21/h6-9,13H,10-11H2,1-5H3. The molecule has 1 saturated heterocycles. The first-order valence-electron chi connectivity index (χ1n) is 8.45. The highest BCUT2D eigenvalue weighted by molar-refractivity contribution is 7.92. The fourth-order valence-corrected chi connectivity index (χ4v) is 4.49. The number of halogens is 3. The quantitative estimate of drug-likeness (QED) is 0.756. The van der Waals surface area contributed by atoms with E-state index in [9.17, 15) is 26.4 Å². The van der Waals surface area contributed by atoms with Crippen molar-refractivity contribution in [2.45, 2.75) is 56.0 Å². The Morgan fingerprint density at radius 1 is 1.11 bits per heavy atom. The molecule has 9 heteroatoms. The lowest BCUT2D eigenvalue weighted by atomic mass is 9.88. The minimum atomic E-state index is -4.63. The maximum atomic E-state index is 13.0. The van der Waals surface area contributed by atoms with E-state index in [1.807, 2.05) is 0 Å². The molecule has 0 atom stereocenters. The average Bonchev–Trinajstić information content (AvgIpc) is 2.42. The van der Waals surface area contributed by atoms with E-state index in [2.05, 4.69) is 0 Å². The third-order valence-electron chi connectivity index (χ3n) is 4.68. The van der Waals surface area contributed by atoms with Gasteiger partial charge in [-0.15, -0.1) is 0 Å². The highest BCUT2D eigenvalue weighted by Crippen LogP contribution is 2.39. The molecule has 1 fully saturated rings. The number of sulfone groups is 1. The monoisotopic (exact) mass is 407 g/mol. The lowest BCUT2D eigenvalue weighted by Crippen LogP contribution is -2.60. The number of nitrogens with zero attached hydrogens (tertiary/aromatic N) is 1. The van der Waals surface area contributed by atoms with Crippen molar-refractivity contribution in [3.05, 3.63) is 29.8 Å². The summed E-state index contributed by atoms with van der Waals surface area (Å²) in [6.07, 6.45) is -5.16. The zero-order valence-electron chi connectivity index (χ0n) is 15.9. The number of amides is 1. The minimum absolute atomic E-state index is 0.167. The summed E-state index contributed by atoms with van der Waals surface area (Å²) in [5.41, 5.74) is -1.68. The molecule has 0 N–H and O–H groups in total. The van der Waals surface area contributed by atoms with E-state index < -0.39 is 43.9 Å². The summed E-state index contributed by atoms with van der Waals surface area (Å²) < 4.78 is 68.6. The van der Waals surface area contributed by atoms with Crippen molar-refractivity contribution in [3.63, 3.8) is 0 Å². The lowest BCUT2D eigenvalue weighted by Gasteiger charge is -2.46. The Kier molecular flexibility index (Phi) is 5.33. The van der Waals surface area contributed by atoms with Crippen LogP contribution in [-0.2, 0) is 20.8 Å². The number of benzene rings is 1. The van der Waals surface area contributed by atoms with Gasteiger partial charge in [0.15, 0.2) is 9.84 Å². The Balaban J connectivity index is 2.19. The van der Waals surface area contributed by atoms with E-state index >= 15 is 0 Å². The van der Waals surface area contributed by atoms with Gasteiger partial charge in [-0.1, -0.05) is 6.07 Å². The summed E-state index contributed by atoms with van der Waals surface area (Å²) in [5, 5.41) is 0. The van der Waals surface area contributed by atoms with Crippen LogP contribution in [0.5, 0.6) is 0 Å². The van der Waals surface area contributed by atoms with Crippen LogP contribution in [0.4, 0.5) is 18.0 Å². The number of hydrogen-bond acceptors (Lipinski definition) is 4. The maximum Gasteiger partial charge on any atom is 0.416 e. The van der Waals surface area contributed by atoms with E-state index in [0.29, 0.717) is 6.07 Å². The molecule has 27 heavy (non-hydrogen) atoms. The summed E-state index contributed by atoms with van der Waals surface area (Å²) in [4.78, 5) is 13.0. The number of ether oxygens (including phenoxy) is 1. The first kappa shape index (κ1) is 21.5. The third-order valence-corrected chi connectivity index (χ3v) is 7.27. The summed E-state index contributed by atoms with van der Waals surface area (Å²) in [6.45, 7) is 8.46.